The van der Waals surface area contributed by atoms with Gasteiger partial charge in [-0.1, -0.05) is 34.6 Å². The van der Waals surface area contributed by atoms with Crippen molar-refractivity contribution in [2.75, 3.05) is 6.61 Å². The summed E-state index contributed by atoms with van der Waals surface area (Å²) >= 11 is 0. The molecule has 572 valence electrons. The third kappa shape index (κ3) is 15.6. The molecule has 6 heterocycles. The van der Waals surface area contributed by atoms with E-state index in [4.69, 9.17) is 56.8 Å². The van der Waals surface area contributed by atoms with Crippen molar-refractivity contribution in [2.45, 2.75) is 319 Å². The molecule has 21 unspecified atom stereocenters. The van der Waals surface area contributed by atoms with Crippen LogP contribution in [0.2, 0.25) is 0 Å². The van der Waals surface area contributed by atoms with E-state index in [1.165, 1.54) is 13.8 Å². The van der Waals surface area contributed by atoms with Crippen molar-refractivity contribution in [1.29, 1.82) is 0 Å². The van der Waals surface area contributed by atoms with Gasteiger partial charge in [-0.15, -0.1) is 0 Å². The fourth-order valence-corrected chi connectivity index (χ4v) is 16.6. The molecule has 0 aromatic rings. The molecule has 12 bridgehead atoms. The van der Waals surface area contributed by atoms with Gasteiger partial charge in [-0.3, -0.25) is 52.7 Å². The maximum absolute atomic E-state index is 12.6. The molecule has 0 aromatic carbocycles. The van der Waals surface area contributed by atoms with Gasteiger partial charge in [0.05, 0.1) is 63.1 Å². The summed E-state index contributed by atoms with van der Waals surface area (Å²) in [6.07, 6.45) is 10.9. The molecule has 0 spiro atoms. The van der Waals surface area contributed by atoms with Crippen LogP contribution < -0.4 is 0 Å². The van der Waals surface area contributed by atoms with Crippen molar-refractivity contribution in [3.8, 4) is 0 Å². The number of carbonyl (C=O) groups is 12. The molecule has 102 heavy (non-hydrogen) atoms. The molecule has 6 saturated heterocycles. The number of ether oxygens (including phenoxy) is 12. The smallest absolute Gasteiger partial charge is 0.350 e. The predicted octanol–water partition coefficient (Wildman–Crippen LogP) is 11.3. The molecule has 14 aliphatic rings. The lowest BCUT2D eigenvalue weighted by Crippen LogP contribution is -2.55. The lowest BCUT2D eigenvalue weighted by atomic mass is 9.71. The quantitative estimate of drug-likeness (QED) is 0.0807. The van der Waals surface area contributed by atoms with Crippen LogP contribution in [0, 0.1) is 92.2 Å². The molecule has 8 saturated carbocycles. The summed E-state index contributed by atoms with van der Waals surface area (Å²) in [6.45, 7) is 37.0. The average molecular weight is 1440 g/mol. The topological polar surface area (TPSA) is 316 Å². The standard InChI is InChI=1S/C18H26O6.C17H24O6.C15H24O4.C14H20O4.C14H22O4/c1-6-17(2,3)15(20)24-18(4,5)16(21)23-12-9-7-10-11(8-9)14(19)22-13(10)12;1-4-17(2,3)16(20)21-6-5-12(18)22-13-9-7-10-11(8-9)15(19)23-14(10)13;1-6-13(2,3)12(17)19-14(4)8-7-10-9-15(14,5)18-11(10)16;1-4-14(2,3)13(16)18-11-8-5-7-6-9(8)12(15)17-10(7)11;1-5-13(2,3)12(16)17-10-7-6-9-8-14(10,4)18-11(9)15/h9-13H,6-8H2,1-5H3;9-11,13-14H,4-8H2,1-3H3;10H,6-9H2,1-5H3;7-11H,4-6H2,1-3H3;9-10H,5-8H2,1-4H3. The minimum Gasteiger partial charge on any atom is -0.465 e. The average Bonchev–Trinajstić information content (AvgIpc) is 1.57. The van der Waals surface area contributed by atoms with Gasteiger partial charge in [-0.25, -0.2) is 4.79 Å². The molecule has 6 aliphatic heterocycles. The zero-order valence-electron chi connectivity index (χ0n) is 64.1. The Labute approximate surface area is 601 Å². The zero-order valence-corrected chi connectivity index (χ0v) is 64.1. The van der Waals surface area contributed by atoms with Crippen LogP contribution in [0.4, 0.5) is 0 Å². The summed E-state index contributed by atoms with van der Waals surface area (Å²) in [6, 6.07) is 0. The fraction of sp³-hybridized carbons (Fsp3) is 0.846. The Morgan fingerprint density at radius 3 is 1.39 bits per heavy atom. The number of hydrogen-bond acceptors (Lipinski definition) is 24. The molecular weight excluding hydrogens is 1320 g/mol. The van der Waals surface area contributed by atoms with Gasteiger partial charge in [0.2, 0.25) is 5.60 Å². The Kier molecular flexibility index (Phi) is 22.8. The molecule has 0 aromatic heterocycles. The first kappa shape index (κ1) is 79.8. The van der Waals surface area contributed by atoms with Crippen LogP contribution >= 0.6 is 0 Å². The van der Waals surface area contributed by atoms with Crippen LogP contribution in [0.3, 0.4) is 0 Å². The van der Waals surface area contributed by atoms with Crippen LogP contribution in [-0.4, -0.2) is 143 Å². The molecule has 24 nitrogen and oxygen atoms in total. The highest BCUT2D eigenvalue weighted by molar-refractivity contribution is 5.86. The Morgan fingerprint density at radius 2 is 0.863 bits per heavy atom. The largest absolute Gasteiger partial charge is 0.465 e. The van der Waals surface area contributed by atoms with E-state index in [1.807, 2.05) is 111 Å². The van der Waals surface area contributed by atoms with Gasteiger partial charge in [-0.05, 0) is 200 Å². The molecule has 0 amide bonds. The highest BCUT2D eigenvalue weighted by atomic mass is 16.6. The number of fused-ring (bicyclic) bond motifs is 7. The molecule has 14 fully saturated rings. The van der Waals surface area contributed by atoms with Crippen LogP contribution in [0.25, 0.3) is 0 Å². The van der Waals surface area contributed by atoms with Crippen LogP contribution in [0.5, 0.6) is 0 Å². The highest BCUT2D eigenvalue weighted by Crippen LogP contribution is 2.59. The number of carbonyl (C=O) groups excluding carboxylic acids is 12. The van der Waals surface area contributed by atoms with Crippen molar-refractivity contribution in [2.24, 2.45) is 92.2 Å². The van der Waals surface area contributed by atoms with E-state index < -0.39 is 73.5 Å². The summed E-state index contributed by atoms with van der Waals surface area (Å²) in [5, 5.41) is 0. The number of rotatable bonds is 20. The summed E-state index contributed by atoms with van der Waals surface area (Å²) in [4.78, 5) is 144. The van der Waals surface area contributed by atoms with Crippen molar-refractivity contribution >= 4 is 71.6 Å². The van der Waals surface area contributed by atoms with Crippen LogP contribution in [0.1, 0.15) is 254 Å². The van der Waals surface area contributed by atoms with Gasteiger partial charge >= 0.3 is 71.6 Å². The van der Waals surface area contributed by atoms with Crippen LogP contribution in [-0.2, 0) is 114 Å². The van der Waals surface area contributed by atoms with Gasteiger partial charge < -0.3 is 56.8 Å². The SMILES string of the molecule is CCC(C)(C)C(=O)OC(C)(C)C(=O)OC1C2CC3C(=O)OC1C3C2.CCC(C)(C)C(=O)OC1(C)CCC2CC1(C)OC2=O.CCC(C)(C)C(=O)OC1C2CC3CC2C(=O)OC31.CCC(C)(C)C(=O)OC1CCC2CC1(C)OC2=O.CCC(C)(C)C(=O)OCCC(=O)OC1C2CC3C(=O)OC1C3C2. The van der Waals surface area contributed by atoms with Gasteiger partial charge in [0.15, 0.2) is 0 Å². The summed E-state index contributed by atoms with van der Waals surface area (Å²) in [5.74, 6) is -1.59. The second kappa shape index (κ2) is 29.2. The Morgan fingerprint density at radius 1 is 0.431 bits per heavy atom. The van der Waals surface area contributed by atoms with Crippen LogP contribution in [0.15, 0.2) is 0 Å². The third-order valence-electron chi connectivity index (χ3n) is 26.3. The Bertz CT molecular complexity index is 3230. The van der Waals surface area contributed by atoms with Crippen molar-refractivity contribution in [1.82, 2.24) is 0 Å². The van der Waals surface area contributed by atoms with E-state index in [-0.39, 0.29) is 163 Å². The minimum absolute atomic E-state index is 0.00383. The monoisotopic (exact) mass is 1440 g/mol. The molecule has 21 atom stereocenters. The summed E-state index contributed by atoms with van der Waals surface area (Å²) in [5.41, 5.74) is -5.99. The maximum Gasteiger partial charge on any atom is 0.350 e. The first-order valence-corrected chi connectivity index (χ1v) is 37.8. The lowest BCUT2D eigenvalue weighted by Gasteiger charge is -2.45. The van der Waals surface area contributed by atoms with Gasteiger partial charge in [0.25, 0.3) is 0 Å². The van der Waals surface area contributed by atoms with E-state index in [9.17, 15) is 57.5 Å². The molecule has 8 aliphatic carbocycles. The predicted molar refractivity (Wildman–Crippen MR) is 363 cm³/mol. The van der Waals surface area contributed by atoms with E-state index in [2.05, 4.69) is 0 Å². The van der Waals surface area contributed by atoms with E-state index in [0.717, 1.165) is 77.0 Å². The first-order chi connectivity index (χ1) is 47.2. The van der Waals surface area contributed by atoms with Gasteiger partial charge in [-0.2, -0.15) is 0 Å². The normalized spacial score (nSPS) is 36.3. The molecular formula is C78H116O24. The molecule has 24 heteroatoms. The van der Waals surface area contributed by atoms with E-state index >= 15 is 0 Å². The lowest BCUT2D eigenvalue weighted by molar-refractivity contribution is -0.204. The Hall–Kier alpha value is -6.36. The first-order valence-electron chi connectivity index (χ1n) is 37.8. The molecule has 0 radical (unpaired) electrons. The Balaban J connectivity index is 0.000000149. The maximum atomic E-state index is 12.6. The van der Waals surface area contributed by atoms with Crippen molar-refractivity contribution in [3.05, 3.63) is 0 Å². The minimum atomic E-state index is -1.37. The van der Waals surface area contributed by atoms with Gasteiger partial charge in [0, 0.05) is 48.3 Å². The summed E-state index contributed by atoms with van der Waals surface area (Å²) in [7, 11) is 0. The molecule has 14 rings (SSSR count). The summed E-state index contributed by atoms with van der Waals surface area (Å²) < 4.78 is 65.9. The number of esters is 12. The second-order valence-electron chi connectivity index (χ2n) is 35.7. The van der Waals surface area contributed by atoms with Crippen molar-refractivity contribution < 1.29 is 114 Å². The zero-order chi connectivity index (χ0) is 75.7. The third-order valence-corrected chi connectivity index (χ3v) is 26.3. The van der Waals surface area contributed by atoms with E-state index in [0.29, 0.717) is 38.0 Å². The highest BCUT2D eigenvalue weighted by Gasteiger charge is 2.67. The second-order valence-corrected chi connectivity index (χ2v) is 35.7. The van der Waals surface area contributed by atoms with Crippen molar-refractivity contribution in [3.63, 3.8) is 0 Å². The molecule has 0 N–H and O–H groups in total. The van der Waals surface area contributed by atoms with Gasteiger partial charge in [0.1, 0.15) is 66.1 Å². The van der Waals surface area contributed by atoms with E-state index in [1.54, 1.807) is 13.8 Å². The fourth-order valence-electron chi connectivity index (χ4n) is 16.6. The number of hydrogen-bond donors (Lipinski definition) is 0.